The molecule has 1 aliphatic rings. The van der Waals surface area contributed by atoms with Crippen LogP contribution in [0.4, 0.5) is 4.79 Å². The number of hydrogen-bond acceptors (Lipinski definition) is 2. The van der Waals surface area contributed by atoms with E-state index in [4.69, 9.17) is 4.74 Å². The summed E-state index contributed by atoms with van der Waals surface area (Å²) in [6, 6.07) is 0.407. The number of carbonyl (C=O) groups is 1. The number of amides is 1. The smallest absolute Gasteiger partial charge is 0.410 e. The number of carbonyl (C=O) groups excluding carboxylic acids is 1. The van der Waals surface area contributed by atoms with Gasteiger partial charge >= 0.3 is 6.09 Å². The Hall–Kier alpha value is -0.730. The maximum absolute atomic E-state index is 10.7. The molecule has 1 atom stereocenters. The molecule has 0 saturated carbocycles. The molecule has 0 aromatic heterocycles. The predicted molar refractivity (Wildman–Crippen MR) is 33.2 cm³/mol. The van der Waals surface area contributed by atoms with Gasteiger partial charge in [-0.15, -0.1) is 0 Å². The van der Waals surface area contributed by atoms with Gasteiger partial charge in [0, 0.05) is 6.54 Å². The Morgan fingerprint density at radius 1 is 1.89 bits per heavy atom. The largest absolute Gasteiger partial charge is 0.450 e. The minimum atomic E-state index is -0.176. The first-order chi connectivity index (χ1) is 4.25. The van der Waals surface area contributed by atoms with E-state index in [0.717, 1.165) is 6.54 Å². The number of hydrogen-bond donors (Lipinski definition) is 0. The Kier molecular flexibility index (Phi) is 1.60. The summed E-state index contributed by atoms with van der Waals surface area (Å²) in [7, 11) is 0. The summed E-state index contributed by atoms with van der Waals surface area (Å²) in [5.74, 6) is 0. The van der Waals surface area contributed by atoms with Crippen LogP contribution in [0.2, 0.25) is 0 Å². The van der Waals surface area contributed by atoms with Gasteiger partial charge in [0.2, 0.25) is 0 Å². The summed E-state index contributed by atoms with van der Waals surface area (Å²) in [6.45, 7) is 5.14. The quantitative estimate of drug-likeness (QED) is 0.491. The van der Waals surface area contributed by atoms with Crippen molar-refractivity contribution in [1.82, 2.24) is 4.90 Å². The van der Waals surface area contributed by atoms with Gasteiger partial charge in [0.25, 0.3) is 0 Å². The van der Waals surface area contributed by atoms with Crippen molar-refractivity contribution in [1.29, 1.82) is 0 Å². The molecule has 0 aliphatic carbocycles. The lowest BCUT2D eigenvalue weighted by atomic mass is 10.6. The van der Waals surface area contributed by atoms with E-state index in [1.807, 2.05) is 13.8 Å². The average Bonchev–Trinajstić information content (AvgIpc) is 2.47. The van der Waals surface area contributed by atoms with Crippen LogP contribution in [0.25, 0.3) is 0 Å². The lowest BCUT2D eigenvalue weighted by Gasteiger charge is -2.00. The van der Waals surface area contributed by atoms with E-state index in [1.165, 1.54) is 0 Å². The Morgan fingerprint density at radius 2 is 2.44 bits per heavy atom. The monoisotopic (exact) mass is 129 g/mol. The van der Waals surface area contributed by atoms with E-state index in [0.29, 0.717) is 12.6 Å². The molecule has 0 aromatic rings. The minimum Gasteiger partial charge on any atom is -0.450 e. The highest BCUT2D eigenvalue weighted by molar-refractivity contribution is 5.70. The molecule has 3 heteroatoms. The first-order valence-electron chi connectivity index (χ1n) is 3.19. The Morgan fingerprint density at radius 3 is 2.78 bits per heavy atom. The molecule has 9 heavy (non-hydrogen) atoms. The van der Waals surface area contributed by atoms with E-state index in [9.17, 15) is 4.79 Å². The second-order valence-electron chi connectivity index (χ2n) is 2.20. The Labute approximate surface area is 54.6 Å². The maximum Gasteiger partial charge on any atom is 0.410 e. The topological polar surface area (TPSA) is 29.3 Å². The molecule has 0 unspecified atom stereocenters. The van der Waals surface area contributed by atoms with Gasteiger partial charge in [0.15, 0.2) is 0 Å². The van der Waals surface area contributed by atoms with Crippen LogP contribution in [0, 0.1) is 0 Å². The zero-order valence-corrected chi connectivity index (χ0v) is 5.76. The number of ether oxygens (including phenoxy) is 1. The van der Waals surface area contributed by atoms with Crippen molar-refractivity contribution in [3.8, 4) is 0 Å². The van der Waals surface area contributed by atoms with Crippen molar-refractivity contribution in [2.45, 2.75) is 19.9 Å². The van der Waals surface area contributed by atoms with Gasteiger partial charge in [-0.1, -0.05) is 0 Å². The van der Waals surface area contributed by atoms with E-state index < -0.39 is 0 Å². The molecule has 0 spiro atoms. The standard InChI is InChI=1S/C6H11NO2/c1-3-9-6(8)7-4-5(7)2/h5H,3-4H2,1-2H3/t5-,7?/m0/s1. The van der Waals surface area contributed by atoms with Crippen LogP contribution in [0.1, 0.15) is 13.8 Å². The van der Waals surface area contributed by atoms with Gasteiger partial charge in [-0.25, -0.2) is 4.79 Å². The van der Waals surface area contributed by atoms with Gasteiger partial charge < -0.3 is 9.64 Å². The average molecular weight is 129 g/mol. The lowest BCUT2D eigenvalue weighted by molar-refractivity contribution is 0.135. The van der Waals surface area contributed by atoms with Gasteiger partial charge in [-0.05, 0) is 13.8 Å². The molecule has 0 bridgehead atoms. The second kappa shape index (κ2) is 2.25. The molecular weight excluding hydrogens is 118 g/mol. The van der Waals surface area contributed by atoms with E-state index in [1.54, 1.807) is 4.90 Å². The summed E-state index contributed by atoms with van der Waals surface area (Å²) in [5, 5.41) is 0. The third-order valence-corrected chi connectivity index (χ3v) is 1.36. The van der Waals surface area contributed by atoms with Crippen LogP contribution in [0.5, 0.6) is 0 Å². The third-order valence-electron chi connectivity index (χ3n) is 1.36. The zero-order valence-electron chi connectivity index (χ0n) is 5.76. The fourth-order valence-corrected chi connectivity index (χ4v) is 0.698. The molecule has 0 radical (unpaired) electrons. The van der Waals surface area contributed by atoms with Crippen LogP contribution >= 0.6 is 0 Å². The Balaban J connectivity index is 2.20. The molecular formula is C6H11NO2. The van der Waals surface area contributed by atoms with Gasteiger partial charge in [-0.3, -0.25) is 0 Å². The highest BCUT2D eigenvalue weighted by Crippen LogP contribution is 2.16. The first kappa shape index (κ1) is 6.39. The van der Waals surface area contributed by atoms with Crippen molar-refractivity contribution in [2.24, 2.45) is 0 Å². The molecule has 52 valence electrons. The molecule has 1 heterocycles. The number of rotatable bonds is 1. The summed E-state index contributed by atoms with van der Waals surface area (Å²) in [6.07, 6.45) is -0.176. The second-order valence-corrected chi connectivity index (χ2v) is 2.20. The Bertz CT molecular complexity index is 124. The normalized spacial score (nSPS) is 23.8. The minimum absolute atomic E-state index is 0.176. The summed E-state index contributed by atoms with van der Waals surface area (Å²) >= 11 is 0. The lowest BCUT2D eigenvalue weighted by Crippen LogP contribution is -2.13. The number of nitrogens with zero attached hydrogens (tertiary/aromatic N) is 1. The fraction of sp³-hybridized carbons (Fsp3) is 0.833. The van der Waals surface area contributed by atoms with Gasteiger partial charge in [0.05, 0.1) is 12.6 Å². The van der Waals surface area contributed by atoms with Crippen molar-refractivity contribution in [3.05, 3.63) is 0 Å². The van der Waals surface area contributed by atoms with Crippen molar-refractivity contribution in [2.75, 3.05) is 13.2 Å². The molecule has 0 N–H and O–H groups in total. The molecule has 1 amide bonds. The van der Waals surface area contributed by atoms with Crippen LogP contribution < -0.4 is 0 Å². The fourth-order valence-electron chi connectivity index (χ4n) is 0.698. The van der Waals surface area contributed by atoms with E-state index in [-0.39, 0.29) is 6.09 Å². The van der Waals surface area contributed by atoms with E-state index in [2.05, 4.69) is 0 Å². The van der Waals surface area contributed by atoms with Gasteiger partial charge in [0.1, 0.15) is 0 Å². The van der Waals surface area contributed by atoms with Crippen molar-refractivity contribution < 1.29 is 9.53 Å². The van der Waals surface area contributed by atoms with Crippen molar-refractivity contribution >= 4 is 6.09 Å². The highest BCUT2D eigenvalue weighted by Gasteiger charge is 2.34. The first-order valence-corrected chi connectivity index (χ1v) is 3.19. The van der Waals surface area contributed by atoms with Crippen LogP contribution in [0.15, 0.2) is 0 Å². The summed E-state index contributed by atoms with van der Waals surface area (Å²) in [5.41, 5.74) is 0. The van der Waals surface area contributed by atoms with Crippen LogP contribution in [0.3, 0.4) is 0 Å². The summed E-state index contributed by atoms with van der Waals surface area (Å²) in [4.78, 5) is 12.4. The molecule has 1 aliphatic heterocycles. The highest BCUT2D eigenvalue weighted by atomic mass is 16.6. The van der Waals surface area contributed by atoms with Crippen LogP contribution in [-0.4, -0.2) is 30.2 Å². The predicted octanol–water partition coefficient (Wildman–Crippen LogP) is 0.847. The van der Waals surface area contributed by atoms with Crippen molar-refractivity contribution in [3.63, 3.8) is 0 Å². The molecule has 1 rings (SSSR count). The molecule has 0 aromatic carbocycles. The van der Waals surface area contributed by atoms with Gasteiger partial charge in [-0.2, -0.15) is 0 Å². The molecule has 1 saturated heterocycles. The van der Waals surface area contributed by atoms with Crippen LogP contribution in [-0.2, 0) is 4.74 Å². The maximum atomic E-state index is 10.7. The summed E-state index contributed by atoms with van der Waals surface area (Å²) < 4.78 is 4.72. The molecule has 3 nitrogen and oxygen atoms in total. The molecule has 1 fully saturated rings. The third kappa shape index (κ3) is 1.34. The van der Waals surface area contributed by atoms with E-state index >= 15 is 0 Å². The SMILES string of the molecule is CCOC(=O)N1C[C@@H]1C. The zero-order chi connectivity index (χ0) is 6.85.